The fourth-order valence-electron chi connectivity index (χ4n) is 3.08. The standard InChI is InChI=1S/C17H35O/c1-6-9-12-16(15(4)5)17(18,13-10-7-2)14-11-8-3/h15-16H,6-14H2,1-5H3. The van der Waals surface area contributed by atoms with E-state index in [4.69, 9.17) is 0 Å². The number of hydrogen-bond donors (Lipinski definition) is 0. The van der Waals surface area contributed by atoms with Crippen LogP contribution in [0, 0.1) is 11.8 Å². The van der Waals surface area contributed by atoms with Crippen molar-refractivity contribution in [3.63, 3.8) is 0 Å². The molecule has 0 bridgehead atoms. The normalized spacial score (nSPS) is 14.2. The molecule has 0 N–H and O–H groups in total. The van der Waals surface area contributed by atoms with Crippen molar-refractivity contribution >= 4 is 0 Å². The van der Waals surface area contributed by atoms with Crippen molar-refractivity contribution in [1.82, 2.24) is 0 Å². The Bertz CT molecular complexity index is 178. The highest BCUT2D eigenvalue weighted by molar-refractivity contribution is 4.87. The molecule has 0 saturated carbocycles. The van der Waals surface area contributed by atoms with Crippen LogP contribution in [0.15, 0.2) is 0 Å². The van der Waals surface area contributed by atoms with Crippen molar-refractivity contribution in [2.75, 3.05) is 0 Å². The third-order valence-electron chi connectivity index (χ3n) is 4.26. The Hall–Kier alpha value is -0.0400. The monoisotopic (exact) mass is 255 g/mol. The van der Waals surface area contributed by atoms with Gasteiger partial charge in [-0.05, 0) is 31.1 Å². The third kappa shape index (κ3) is 6.22. The highest BCUT2D eigenvalue weighted by Crippen LogP contribution is 2.38. The van der Waals surface area contributed by atoms with Gasteiger partial charge in [-0.1, -0.05) is 73.1 Å². The minimum atomic E-state index is -0.657. The molecular weight excluding hydrogens is 220 g/mol. The minimum absolute atomic E-state index is 0.371. The maximum atomic E-state index is 13.3. The molecule has 0 spiro atoms. The van der Waals surface area contributed by atoms with Gasteiger partial charge in [0.05, 0.1) is 0 Å². The van der Waals surface area contributed by atoms with Gasteiger partial charge in [-0.15, -0.1) is 0 Å². The maximum Gasteiger partial charge on any atom is 0.107 e. The van der Waals surface area contributed by atoms with E-state index in [1.165, 1.54) is 12.8 Å². The van der Waals surface area contributed by atoms with Crippen molar-refractivity contribution in [2.24, 2.45) is 11.8 Å². The van der Waals surface area contributed by atoms with E-state index in [0.717, 1.165) is 44.9 Å². The fourth-order valence-corrected chi connectivity index (χ4v) is 3.08. The lowest BCUT2D eigenvalue weighted by molar-refractivity contribution is -0.110. The van der Waals surface area contributed by atoms with Crippen LogP contribution in [0.2, 0.25) is 0 Å². The van der Waals surface area contributed by atoms with Gasteiger partial charge in [0.1, 0.15) is 5.60 Å². The van der Waals surface area contributed by atoms with Gasteiger partial charge in [-0.3, -0.25) is 0 Å². The smallest absolute Gasteiger partial charge is 0.107 e. The Morgan fingerprint density at radius 3 is 1.61 bits per heavy atom. The molecule has 0 aliphatic carbocycles. The van der Waals surface area contributed by atoms with E-state index in [2.05, 4.69) is 34.6 Å². The zero-order chi connectivity index (χ0) is 14.0. The first kappa shape index (κ1) is 18.0. The summed E-state index contributed by atoms with van der Waals surface area (Å²) < 4.78 is 0. The van der Waals surface area contributed by atoms with Crippen LogP contribution in [-0.4, -0.2) is 5.60 Å². The predicted octanol–water partition coefficient (Wildman–Crippen LogP) is 6.00. The molecule has 1 unspecified atom stereocenters. The summed E-state index contributed by atoms with van der Waals surface area (Å²) in [6, 6.07) is 0. The summed E-state index contributed by atoms with van der Waals surface area (Å²) in [5.41, 5.74) is -0.657. The average molecular weight is 255 g/mol. The molecular formula is C17H35O. The van der Waals surface area contributed by atoms with Gasteiger partial charge >= 0.3 is 0 Å². The van der Waals surface area contributed by atoms with E-state index >= 15 is 0 Å². The van der Waals surface area contributed by atoms with E-state index in [0.29, 0.717) is 11.8 Å². The Balaban J connectivity index is 4.71. The summed E-state index contributed by atoms with van der Waals surface area (Å²) in [6.45, 7) is 11.1. The van der Waals surface area contributed by atoms with Crippen LogP contribution in [-0.2, 0) is 5.11 Å². The molecule has 0 aliphatic heterocycles. The van der Waals surface area contributed by atoms with Gasteiger partial charge in [-0.25, -0.2) is 5.11 Å². The molecule has 0 aromatic carbocycles. The first-order valence-corrected chi connectivity index (χ1v) is 8.22. The lowest BCUT2D eigenvalue weighted by atomic mass is 9.71. The quantitative estimate of drug-likeness (QED) is 0.431. The van der Waals surface area contributed by atoms with Gasteiger partial charge in [0.25, 0.3) is 0 Å². The van der Waals surface area contributed by atoms with Crippen LogP contribution in [0.5, 0.6) is 0 Å². The lowest BCUT2D eigenvalue weighted by Crippen LogP contribution is -2.39. The minimum Gasteiger partial charge on any atom is -0.229 e. The molecule has 0 saturated heterocycles. The van der Waals surface area contributed by atoms with E-state index in [1.807, 2.05) is 0 Å². The van der Waals surface area contributed by atoms with Gasteiger partial charge in [0.15, 0.2) is 0 Å². The molecule has 0 aromatic heterocycles. The Morgan fingerprint density at radius 1 is 0.833 bits per heavy atom. The molecule has 1 heteroatoms. The summed E-state index contributed by atoms with van der Waals surface area (Å²) in [5.74, 6) is 0.901. The van der Waals surface area contributed by atoms with E-state index < -0.39 is 5.60 Å². The molecule has 0 fully saturated rings. The molecule has 0 aromatic rings. The highest BCUT2D eigenvalue weighted by Gasteiger charge is 2.38. The molecule has 1 nitrogen and oxygen atoms in total. The molecule has 1 radical (unpaired) electrons. The molecule has 0 amide bonds. The van der Waals surface area contributed by atoms with Crippen molar-refractivity contribution in [1.29, 1.82) is 0 Å². The summed E-state index contributed by atoms with van der Waals surface area (Å²) in [6.07, 6.45) is 9.82. The van der Waals surface area contributed by atoms with Gasteiger partial charge < -0.3 is 0 Å². The Morgan fingerprint density at radius 2 is 1.28 bits per heavy atom. The molecule has 18 heavy (non-hydrogen) atoms. The van der Waals surface area contributed by atoms with Crippen LogP contribution in [0.25, 0.3) is 0 Å². The SMILES string of the molecule is CCCCC(C(C)C)C([O])(CCCC)CCCC. The zero-order valence-corrected chi connectivity index (χ0v) is 13.4. The molecule has 1 atom stereocenters. The second-order valence-corrected chi connectivity index (χ2v) is 6.26. The summed E-state index contributed by atoms with van der Waals surface area (Å²) in [5, 5.41) is 13.3. The van der Waals surface area contributed by atoms with Crippen LogP contribution in [0.4, 0.5) is 0 Å². The van der Waals surface area contributed by atoms with Crippen molar-refractivity contribution in [2.45, 2.75) is 98.0 Å². The zero-order valence-electron chi connectivity index (χ0n) is 13.4. The van der Waals surface area contributed by atoms with Crippen molar-refractivity contribution in [3.05, 3.63) is 0 Å². The third-order valence-corrected chi connectivity index (χ3v) is 4.26. The Labute approximate surface area is 115 Å². The predicted molar refractivity (Wildman–Crippen MR) is 80.3 cm³/mol. The van der Waals surface area contributed by atoms with Crippen LogP contribution >= 0.6 is 0 Å². The summed E-state index contributed by atoms with van der Waals surface area (Å²) in [4.78, 5) is 0. The van der Waals surface area contributed by atoms with Gasteiger partial charge in [0.2, 0.25) is 0 Å². The first-order chi connectivity index (χ1) is 8.51. The second kappa shape index (κ2) is 9.83. The molecule has 0 rings (SSSR count). The molecule has 109 valence electrons. The van der Waals surface area contributed by atoms with Crippen LogP contribution in [0.3, 0.4) is 0 Å². The first-order valence-electron chi connectivity index (χ1n) is 8.22. The van der Waals surface area contributed by atoms with E-state index in [-0.39, 0.29) is 0 Å². The lowest BCUT2D eigenvalue weighted by Gasteiger charge is -2.37. The number of unbranched alkanes of at least 4 members (excludes halogenated alkanes) is 3. The highest BCUT2D eigenvalue weighted by atomic mass is 16.3. The second-order valence-electron chi connectivity index (χ2n) is 6.26. The average Bonchev–Trinajstić information content (AvgIpc) is 2.34. The fraction of sp³-hybridized carbons (Fsp3) is 1.00. The van der Waals surface area contributed by atoms with Crippen molar-refractivity contribution < 1.29 is 5.11 Å². The van der Waals surface area contributed by atoms with Crippen LogP contribution in [0.1, 0.15) is 92.4 Å². The Kier molecular flexibility index (Phi) is 9.81. The molecule has 0 aliphatic rings. The number of rotatable bonds is 11. The topological polar surface area (TPSA) is 19.9 Å². The number of hydrogen-bond acceptors (Lipinski definition) is 0. The van der Waals surface area contributed by atoms with Crippen molar-refractivity contribution in [3.8, 4) is 0 Å². The van der Waals surface area contributed by atoms with E-state index in [1.54, 1.807) is 0 Å². The summed E-state index contributed by atoms with van der Waals surface area (Å²) >= 11 is 0. The van der Waals surface area contributed by atoms with E-state index in [9.17, 15) is 5.11 Å². The largest absolute Gasteiger partial charge is 0.229 e. The van der Waals surface area contributed by atoms with Gasteiger partial charge in [-0.2, -0.15) is 0 Å². The summed E-state index contributed by atoms with van der Waals surface area (Å²) in [7, 11) is 0. The molecule has 0 heterocycles. The van der Waals surface area contributed by atoms with Gasteiger partial charge in [0, 0.05) is 0 Å². The van der Waals surface area contributed by atoms with Crippen LogP contribution < -0.4 is 0 Å². The maximum absolute atomic E-state index is 13.3.